The van der Waals surface area contributed by atoms with Crippen LogP contribution < -0.4 is 37.9 Å². The second-order valence-electron chi connectivity index (χ2n) is 12.6. The highest BCUT2D eigenvalue weighted by molar-refractivity contribution is 5.94. The number of carbonyl (C=O) groups is 4. The van der Waals surface area contributed by atoms with E-state index in [1.165, 1.54) is 62.8 Å². The molecule has 1 heterocycles. The van der Waals surface area contributed by atoms with Crippen molar-refractivity contribution in [1.29, 1.82) is 0 Å². The van der Waals surface area contributed by atoms with Crippen LogP contribution in [0.1, 0.15) is 48.4 Å². The van der Waals surface area contributed by atoms with Crippen molar-refractivity contribution in [2.24, 2.45) is 0 Å². The predicted molar refractivity (Wildman–Crippen MR) is 206 cm³/mol. The number of carbonyl (C=O) groups excluding carboxylic acids is 4. The van der Waals surface area contributed by atoms with Crippen molar-refractivity contribution in [3.05, 3.63) is 156 Å². The van der Waals surface area contributed by atoms with Gasteiger partial charge in [-0.2, -0.15) is 0 Å². The Labute approximate surface area is 327 Å². The zero-order valence-corrected chi connectivity index (χ0v) is 30.9. The number of hydrogen-bond donors (Lipinski definition) is 0. The third-order valence-electron chi connectivity index (χ3n) is 8.67. The first kappa shape index (κ1) is 37.7. The third-order valence-corrected chi connectivity index (χ3v) is 8.67. The van der Waals surface area contributed by atoms with Crippen LogP contribution in [0.25, 0.3) is 11.1 Å². The minimum atomic E-state index is -0.649. The van der Waals surface area contributed by atoms with Gasteiger partial charge in [0.15, 0.2) is 0 Å². The highest BCUT2D eigenvalue weighted by Crippen LogP contribution is 2.42. The molecule has 0 saturated heterocycles. The Bertz CT molecular complexity index is 2420. The van der Waals surface area contributed by atoms with Crippen LogP contribution in [0.2, 0.25) is 0 Å². The van der Waals surface area contributed by atoms with E-state index in [2.05, 4.69) is 0 Å². The second kappa shape index (κ2) is 16.8. The number of ether oxygens (including phenoxy) is 8. The van der Waals surface area contributed by atoms with Crippen molar-refractivity contribution in [3.63, 3.8) is 0 Å². The van der Waals surface area contributed by atoms with E-state index >= 15 is 0 Å². The van der Waals surface area contributed by atoms with Crippen LogP contribution in [0.5, 0.6) is 46.0 Å². The van der Waals surface area contributed by atoms with E-state index in [9.17, 15) is 19.2 Å². The number of rotatable bonds is 10. The van der Waals surface area contributed by atoms with E-state index < -0.39 is 23.9 Å². The highest BCUT2D eigenvalue weighted by atomic mass is 16.6. The Morgan fingerprint density at radius 1 is 0.439 bits per heavy atom. The minimum absolute atomic E-state index is 0.215. The summed E-state index contributed by atoms with van der Waals surface area (Å²) in [6.07, 6.45) is -0.307. The average Bonchev–Trinajstić information content (AvgIpc) is 3.23. The van der Waals surface area contributed by atoms with Crippen molar-refractivity contribution >= 4 is 23.9 Å². The van der Waals surface area contributed by atoms with Gasteiger partial charge in [-0.05, 0) is 140 Å². The van der Waals surface area contributed by atoms with Gasteiger partial charge in [-0.3, -0.25) is 0 Å². The minimum Gasteiger partial charge on any atom is -0.497 e. The first-order chi connectivity index (χ1) is 27.6. The van der Waals surface area contributed by atoms with Crippen molar-refractivity contribution in [1.82, 2.24) is 0 Å². The van der Waals surface area contributed by atoms with E-state index in [1.54, 1.807) is 84.9 Å². The van der Waals surface area contributed by atoms with Crippen molar-refractivity contribution in [3.8, 4) is 57.1 Å². The standard InChI is InChI=1S/C45H34O12/c1-27-26-52-40-22-20-36(56-44(48)30-8-16-34(17-9-30)54-42(46)28-4-12-32(50-2)13-5-28)24-38(40)39-25-37(21-23-41(39)53-27)57-45(49)31-10-18-35(19-11-31)55-43(47)29-6-14-33(51-3)15-7-29/h4-25,27H,26H2,1-3H3/t27-/m1/s1. The molecule has 12 heteroatoms. The molecule has 6 aromatic rings. The summed E-state index contributed by atoms with van der Waals surface area (Å²) in [4.78, 5) is 51.5. The molecule has 0 spiro atoms. The van der Waals surface area contributed by atoms with E-state index in [4.69, 9.17) is 37.9 Å². The first-order valence-electron chi connectivity index (χ1n) is 17.6. The molecule has 0 aromatic heterocycles. The lowest BCUT2D eigenvalue weighted by Crippen LogP contribution is -2.23. The van der Waals surface area contributed by atoms with Gasteiger partial charge in [0.25, 0.3) is 0 Å². The lowest BCUT2D eigenvalue weighted by atomic mass is 10.0. The van der Waals surface area contributed by atoms with Gasteiger partial charge in [-0.25, -0.2) is 19.2 Å². The molecule has 0 aliphatic carbocycles. The molecular formula is C45H34O12. The SMILES string of the molecule is COc1ccc(C(=O)Oc2ccc(C(=O)Oc3ccc4c(c3)-c3cc(OC(=O)c5ccc(OC(=O)c6ccc(OC)cc6)cc5)ccc3O[C@H](C)CO4)cc2)cc1. The lowest BCUT2D eigenvalue weighted by molar-refractivity contribution is 0.0719. The lowest BCUT2D eigenvalue weighted by Gasteiger charge is -2.24. The number of fused-ring (bicyclic) bond motifs is 3. The molecule has 1 aliphatic rings. The Morgan fingerprint density at radius 3 is 1.14 bits per heavy atom. The summed E-state index contributed by atoms with van der Waals surface area (Å²) >= 11 is 0. The number of benzene rings is 6. The summed E-state index contributed by atoms with van der Waals surface area (Å²) in [5.74, 6) is 0.715. The average molecular weight is 767 g/mol. The van der Waals surface area contributed by atoms with Crippen molar-refractivity contribution < 1.29 is 57.1 Å². The van der Waals surface area contributed by atoms with Crippen molar-refractivity contribution in [2.75, 3.05) is 20.8 Å². The van der Waals surface area contributed by atoms with Gasteiger partial charge in [0.2, 0.25) is 0 Å². The van der Waals surface area contributed by atoms with Gasteiger partial charge >= 0.3 is 23.9 Å². The zero-order valence-electron chi connectivity index (χ0n) is 30.9. The summed E-state index contributed by atoms with van der Waals surface area (Å²) in [5, 5.41) is 0. The molecule has 1 aliphatic heterocycles. The van der Waals surface area contributed by atoms with Crippen LogP contribution in [0, 0.1) is 0 Å². The Balaban J connectivity index is 1.03. The summed E-state index contributed by atoms with van der Waals surface area (Å²) < 4.78 is 44.8. The van der Waals surface area contributed by atoms with E-state index in [-0.39, 0.29) is 46.8 Å². The van der Waals surface area contributed by atoms with E-state index in [1.807, 2.05) is 6.92 Å². The maximum atomic E-state index is 13.2. The van der Waals surface area contributed by atoms with Gasteiger partial charge < -0.3 is 37.9 Å². The summed E-state index contributed by atoms with van der Waals surface area (Å²) in [6, 6.07) is 34.8. The first-order valence-corrected chi connectivity index (χ1v) is 17.6. The maximum Gasteiger partial charge on any atom is 0.343 e. The van der Waals surface area contributed by atoms with Crippen LogP contribution in [-0.4, -0.2) is 50.8 Å². The third kappa shape index (κ3) is 9.03. The fraction of sp³-hybridized carbons (Fsp3) is 0.111. The molecule has 1 atom stereocenters. The molecule has 0 unspecified atom stereocenters. The predicted octanol–water partition coefficient (Wildman–Crippen LogP) is 8.41. The molecule has 0 N–H and O–H groups in total. The summed E-state index contributed by atoms with van der Waals surface area (Å²) in [6.45, 7) is 2.12. The molecular weight excluding hydrogens is 732 g/mol. The van der Waals surface area contributed by atoms with Crippen LogP contribution in [-0.2, 0) is 0 Å². The normalized spacial score (nSPS) is 12.8. The van der Waals surface area contributed by atoms with Gasteiger partial charge in [0.1, 0.15) is 58.7 Å². The fourth-order valence-electron chi connectivity index (χ4n) is 5.69. The molecule has 6 aromatic carbocycles. The van der Waals surface area contributed by atoms with Gasteiger partial charge in [-0.1, -0.05) is 0 Å². The van der Waals surface area contributed by atoms with Crippen LogP contribution >= 0.6 is 0 Å². The van der Waals surface area contributed by atoms with Crippen LogP contribution in [0.4, 0.5) is 0 Å². The topological polar surface area (TPSA) is 142 Å². The number of hydrogen-bond acceptors (Lipinski definition) is 12. The van der Waals surface area contributed by atoms with Crippen molar-refractivity contribution in [2.45, 2.75) is 13.0 Å². The molecule has 0 saturated carbocycles. The fourth-order valence-corrected chi connectivity index (χ4v) is 5.69. The maximum absolute atomic E-state index is 13.2. The molecule has 0 fully saturated rings. The molecule has 0 radical (unpaired) electrons. The highest BCUT2D eigenvalue weighted by Gasteiger charge is 2.22. The summed E-state index contributed by atoms with van der Waals surface area (Å²) in [5.41, 5.74) is 2.18. The Hall–Kier alpha value is -7.60. The molecule has 286 valence electrons. The second-order valence-corrected chi connectivity index (χ2v) is 12.6. The Kier molecular flexibility index (Phi) is 11.1. The molecule has 0 amide bonds. The zero-order chi connectivity index (χ0) is 39.9. The smallest absolute Gasteiger partial charge is 0.343 e. The largest absolute Gasteiger partial charge is 0.497 e. The quantitative estimate of drug-likeness (QED) is 0.0976. The molecule has 12 nitrogen and oxygen atoms in total. The van der Waals surface area contributed by atoms with Gasteiger partial charge in [0.05, 0.1) is 36.5 Å². The molecule has 57 heavy (non-hydrogen) atoms. The molecule has 0 bridgehead atoms. The van der Waals surface area contributed by atoms with Crippen LogP contribution in [0.3, 0.4) is 0 Å². The van der Waals surface area contributed by atoms with Gasteiger partial charge in [-0.15, -0.1) is 0 Å². The molecule has 7 rings (SSSR count). The Morgan fingerprint density at radius 2 is 0.754 bits per heavy atom. The summed E-state index contributed by atoms with van der Waals surface area (Å²) in [7, 11) is 3.07. The number of esters is 4. The van der Waals surface area contributed by atoms with Crippen LogP contribution in [0.15, 0.2) is 133 Å². The van der Waals surface area contributed by atoms with Gasteiger partial charge in [0, 0.05) is 11.1 Å². The monoisotopic (exact) mass is 766 g/mol. The van der Waals surface area contributed by atoms with E-state index in [0.717, 1.165) is 0 Å². The number of methoxy groups -OCH3 is 2. The van der Waals surface area contributed by atoms with E-state index in [0.29, 0.717) is 45.3 Å².